The second kappa shape index (κ2) is 11.0. The molecule has 6 heterocycles. The molecule has 6 aromatic heterocycles. The van der Waals surface area contributed by atoms with E-state index in [0.717, 1.165) is 77.2 Å². The SMILES string of the molecule is c1ccc2c(c1)c1c3c4ccccc4n(-c4cc(-c5ccno5)cc(-c5ccno5)c4)c3ccc1n2-c1cc(-c2ccno2)cc(-c2ccno2)c1. The van der Waals surface area contributed by atoms with Gasteiger partial charge in [-0.1, -0.05) is 57.0 Å². The van der Waals surface area contributed by atoms with Crippen molar-refractivity contribution in [3.05, 3.63) is 146 Å². The minimum Gasteiger partial charge on any atom is -0.356 e. The molecule has 0 unspecified atom stereocenters. The summed E-state index contributed by atoms with van der Waals surface area (Å²) in [7, 11) is 0. The third-order valence-electron chi connectivity index (χ3n) is 9.71. The Labute approximate surface area is 293 Å². The Kier molecular flexibility index (Phi) is 6.02. The average Bonchev–Trinajstić information content (AvgIpc) is 4.04. The number of aromatic nitrogens is 6. The molecule has 0 aliphatic heterocycles. The molecule has 10 heteroatoms. The van der Waals surface area contributed by atoms with Gasteiger partial charge in [-0.05, 0) is 60.7 Å². The van der Waals surface area contributed by atoms with Crippen molar-refractivity contribution in [1.29, 1.82) is 0 Å². The lowest BCUT2D eigenvalue weighted by Crippen LogP contribution is -1.97. The van der Waals surface area contributed by atoms with E-state index in [1.807, 2.05) is 36.4 Å². The fourth-order valence-electron chi connectivity index (χ4n) is 7.58. The molecule has 0 aliphatic carbocycles. The van der Waals surface area contributed by atoms with Crippen LogP contribution in [-0.4, -0.2) is 29.8 Å². The third-order valence-corrected chi connectivity index (χ3v) is 9.71. The molecular formula is C42H24N6O4. The van der Waals surface area contributed by atoms with Gasteiger partial charge in [-0.2, -0.15) is 0 Å². The van der Waals surface area contributed by atoms with Crippen molar-refractivity contribution in [3.8, 4) is 56.7 Å². The summed E-state index contributed by atoms with van der Waals surface area (Å²) in [6.07, 6.45) is 6.61. The van der Waals surface area contributed by atoms with Gasteiger partial charge in [-0.25, -0.2) is 0 Å². The molecule has 246 valence electrons. The van der Waals surface area contributed by atoms with Crippen LogP contribution in [-0.2, 0) is 0 Å². The summed E-state index contributed by atoms with van der Waals surface area (Å²) in [6, 6.07) is 41.5. The fraction of sp³-hybridized carbons (Fsp3) is 0. The highest BCUT2D eigenvalue weighted by Crippen LogP contribution is 2.44. The quantitative estimate of drug-likeness (QED) is 0.171. The van der Waals surface area contributed by atoms with Gasteiger partial charge in [0.05, 0.1) is 46.9 Å². The second-order valence-electron chi connectivity index (χ2n) is 12.6. The summed E-state index contributed by atoms with van der Waals surface area (Å²) < 4.78 is 27.1. The number of benzene rings is 5. The molecule has 0 atom stereocenters. The van der Waals surface area contributed by atoms with Crippen LogP contribution in [0.4, 0.5) is 0 Å². The number of hydrogen-bond donors (Lipinski definition) is 0. The monoisotopic (exact) mass is 676 g/mol. The highest BCUT2D eigenvalue weighted by Gasteiger charge is 2.22. The zero-order chi connectivity index (χ0) is 34.2. The van der Waals surface area contributed by atoms with E-state index in [4.69, 9.17) is 18.1 Å². The van der Waals surface area contributed by atoms with Crippen molar-refractivity contribution in [2.45, 2.75) is 0 Å². The molecular weight excluding hydrogens is 653 g/mol. The minimum atomic E-state index is 0.658. The summed E-state index contributed by atoms with van der Waals surface area (Å²) >= 11 is 0. The first-order chi connectivity index (χ1) is 25.8. The molecule has 0 radical (unpaired) electrons. The summed E-state index contributed by atoms with van der Waals surface area (Å²) in [6.45, 7) is 0. The lowest BCUT2D eigenvalue weighted by Gasteiger charge is -2.12. The highest BCUT2D eigenvalue weighted by molar-refractivity contribution is 6.29. The fourth-order valence-corrected chi connectivity index (χ4v) is 7.58. The van der Waals surface area contributed by atoms with E-state index in [2.05, 4.69) is 115 Å². The molecule has 0 aliphatic rings. The molecule has 5 aromatic carbocycles. The van der Waals surface area contributed by atoms with Crippen molar-refractivity contribution in [1.82, 2.24) is 29.8 Å². The molecule has 11 aromatic rings. The molecule has 52 heavy (non-hydrogen) atoms. The Morgan fingerprint density at radius 2 is 0.692 bits per heavy atom. The van der Waals surface area contributed by atoms with Gasteiger partial charge in [0, 0.05) is 79.4 Å². The lowest BCUT2D eigenvalue weighted by atomic mass is 10.0. The van der Waals surface area contributed by atoms with E-state index in [9.17, 15) is 0 Å². The van der Waals surface area contributed by atoms with E-state index >= 15 is 0 Å². The van der Waals surface area contributed by atoms with Crippen LogP contribution in [0.15, 0.2) is 164 Å². The minimum absolute atomic E-state index is 0.658. The van der Waals surface area contributed by atoms with Gasteiger partial charge in [0.25, 0.3) is 0 Å². The Bertz CT molecular complexity index is 2750. The van der Waals surface area contributed by atoms with E-state index in [1.54, 1.807) is 24.8 Å². The number of hydrogen-bond acceptors (Lipinski definition) is 8. The normalized spacial score (nSPS) is 11.8. The van der Waals surface area contributed by atoms with E-state index in [-0.39, 0.29) is 0 Å². The zero-order valence-corrected chi connectivity index (χ0v) is 27.2. The van der Waals surface area contributed by atoms with Gasteiger partial charge in [0.1, 0.15) is 0 Å². The lowest BCUT2D eigenvalue weighted by molar-refractivity contribution is 0.430. The Morgan fingerprint density at radius 3 is 1.02 bits per heavy atom. The number of fused-ring (bicyclic) bond motifs is 7. The van der Waals surface area contributed by atoms with Crippen LogP contribution in [0.1, 0.15) is 0 Å². The van der Waals surface area contributed by atoms with Crippen LogP contribution in [0, 0.1) is 0 Å². The molecule has 10 nitrogen and oxygen atoms in total. The Balaban J connectivity index is 1.23. The zero-order valence-electron chi connectivity index (χ0n) is 27.2. The molecule has 11 rings (SSSR count). The topological polar surface area (TPSA) is 114 Å². The molecule has 0 spiro atoms. The van der Waals surface area contributed by atoms with Gasteiger partial charge in [-0.15, -0.1) is 0 Å². The van der Waals surface area contributed by atoms with E-state index in [0.29, 0.717) is 23.0 Å². The van der Waals surface area contributed by atoms with Gasteiger partial charge in [0.15, 0.2) is 23.0 Å². The molecule has 0 amide bonds. The summed E-state index contributed by atoms with van der Waals surface area (Å²) in [5.41, 5.74) is 9.66. The average molecular weight is 677 g/mol. The van der Waals surface area contributed by atoms with Gasteiger partial charge in [-0.3, -0.25) is 0 Å². The van der Waals surface area contributed by atoms with Crippen LogP contribution in [0.3, 0.4) is 0 Å². The first kappa shape index (κ1) is 28.4. The molecule has 0 saturated carbocycles. The van der Waals surface area contributed by atoms with Crippen molar-refractivity contribution in [2.24, 2.45) is 0 Å². The second-order valence-corrected chi connectivity index (χ2v) is 12.6. The molecule has 0 saturated heterocycles. The standard InChI is InChI=1S/C42H24N6O4/c1-3-7-33-31(5-1)41-35(47(33)29-21-25(37-11-15-43-49-37)19-26(22-29)38-12-16-44-50-38)9-10-36-42(41)32-6-2-4-8-34(32)48(36)30-23-27(39-13-17-45-51-39)20-28(24-30)40-14-18-46-52-40/h1-24H. The number of rotatable bonds is 6. The molecule has 0 fully saturated rings. The molecule has 0 bridgehead atoms. The Morgan fingerprint density at radius 1 is 0.346 bits per heavy atom. The van der Waals surface area contributed by atoms with E-state index in [1.165, 1.54) is 0 Å². The van der Waals surface area contributed by atoms with Crippen LogP contribution in [0.2, 0.25) is 0 Å². The Hall–Kier alpha value is -7.46. The van der Waals surface area contributed by atoms with Gasteiger partial charge >= 0.3 is 0 Å². The maximum absolute atomic E-state index is 5.63. The number of para-hydroxylation sites is 2. The third kappa shape index (κ3) is 4.24. The molecule has 0 N–H and O–H groups in total. The van der Waals surface area contributed by atoms with Crippen LogP contribution in [0.5, 0.6) is 0 Å². The van der Waals surface area contributed by atoms with Crippen LogP contribution >= 0.6 is 0 Å². The van der Waals surface area contributed by atoms with Crippen LogP contribution < -0.4 is 0 Å². The maximum Gasteiger partial charge on any atom is 0.166 e. The van der Waals surface area contributed by atoms with Crippen molar-refractivity contribution in [2.75, 3.05) is 0 Å². The maximum atomic E-state index is 5.63. The predicted molar refractivity (Wildman–Crippen MR) is 197 cm³/mol. The van der Waals surface area contributed by atoms with Gasteiger partial charge < -0.3 is 27.2 Å². The summed E-state index contributed by atoms with van der Waals surface area (Å²) in [4.78, 5) is 0. The largest absolute Gasteiger partial charge is 0.356 e. The highest BCUT2D eigenvalue weighted by atomic mass is 16.5. The van der Waals surface area contributed by atoms with Crippen LogP contribution in [0.25, 0.3) is 100 Å². The first-order valence-corrected chi connectivity index (χ1v) is 16.7. The summed E-state index contributed by atoms with van der Waals surface area (Å²) in [5, 5.41) is 20.5. The van der Waals surface area contributed by atoms with E-state index < -0.39 is 0 Å². The first-order valence-electron chi connectivity index (χ1n) is 16.7. The van der Waals surface area contributed by atoms with Crippen molar-refractivity contribution >= 4 is 43.6 Å². The summed E-state index contributed by atoms with van der Waals surface area (Å²) in [5.74, 6) is 2.63. The number of nitrogens with zero attached hydrogens (tertiary/aromatic N) is 6. The smallest absolute Gasteiger partial charge is 0.166 e. The van der Waals surface area contributed by atoms with Crippen molar-refractivity contribution < 1.29 is 18.1 Å². The predicted octanol–water partition coefficient (Wildman–Crippen LogP) is 10.5. The van der Waals surface area contributed by atoms with Crippen molar-refractivity contribution in [3.63, 3.8) is 0 Å². The van der Waals surface area contributed by atoms with Gasteiger partial charge in [0.2, 0.25) is 0 Å².